The van der Waals surface area contributed by atoms with Crippen molar-refractivity contribution in [1.82, 2.24) is 0 Å². The molecule has 2 rings (SSSR count). The highest BCUT2D eigenvalue weighted by molar-refractivity contribution is 5.77. The van der Waals surface area contributed by atoms with E-state index in [0.717, 1.165) is 17.0 Å². The van der Waals surface area contributed by atoms with Crippen molar-refractivity contribution in [3.05, 3.63) is 60.2 Å². The van der Waals surface area contributed by atoms with E-state index in [1.165, 1.54) is 0 Å². The van der Waals surface area contributed by atoms with E-state index in [2.05, 4.69) is 5.32 Å². The van der Waals surface area contributed by atoms with Crippen molar-refractivity contribution >= 4 is 11.7 Å². The Morgan fingerprint density at radius 3 is 2.35 bits per heavy atom. The fourth-order valence-corrected chi connectivity index (χ4v) is 1.94. The van der Waals surface area contributed by atoms with Crippen molar-refractivity contribution in [3.63, 3.8) is 0 Å². The van der Waals surface area contributed by atoms with Gasteiger partial charge in [-0.1, -0.05) is 30.3 Å². The normalized spacial score (nSPS) is 11.7. The minimum absolute atomic E-state index is 0.433. The number of rotatable bonds is 6. The van der Waals surface area contributed by atoms with Crippen molar-refractivity contribution < 1.29 is 14.6 Å². The summed E-state index contributed by atoms with van der Waals surface area (Å²) in [5.74, 6) is -0.129. The van der Waals surface area contributed by atoms with Gasteiger partial charge in [0, 0.05) is 12.1 Å². The van der Waals surface area contributed by atoms with Gasteiger partial charge in [0.2, 0.25) is 0 Å². The molecule has 0 spiro atoms. The van der Waals surface area contributed by atoms with E-state index in [0.29, 0.717) is 6.42 Å². The molecular weight excluding hydrogens is 254 g/mol. The van der Waals surface area contributed by atoms with Crippen LogP contribution in [0.4, 0.5) is 5.69 Å². The van der Waals surface area contributed by atoms with Gasteiger partial charge in [0.15, 0.2) is 0 Å². The number of carbonyl (C=O) groups is 1. The van der Waals surface area contributed by atoms with Crippen molar-refractivity contribution in [2.45, 2.75) is 12.5 Å². The molecule has 0 amide bonds. The first kappa shape index (κ1) is 13.9. The fraction of sp³-hybridized carbons (Fsp3) is 0.188. The van der Waals surface area contributed by atoms with Gasteiger partial charge in [0.1, 0.15) is 11.8 Å². The lowest BCUT2D eigenvalue weighted by atomic mass is 10.1. The number of carboxylic acids is 1. The first-order valence-electron chi connectivity index (χ1n) is 6.36. The number of aliphatic carboxylic acids is 1. The number of methoxy groups -OCH3 is 1. The molecule has 2 aromatic carbocycles. The highest BCUT2D eigenvalue weighted by Gasteiger charge is 2.17. The first-order valence-corrected chi connectivity index (χ1v) is 6.36. The summed E-state index contributed by atoms with van der Waals surface area (Å²) >= 11 is 0. The molecule has 0 bridgehead atoms. The molecule has 4 heteroatoms. The predicted octanol–water partition coefficient (Wildman–Crippen LogP) is 2.80. The Morgan fingerprint density at radius 1 is 1.15 bits per heavy atom. The molecule has 0 fully saturated rings. The molecule has 2 aromatic rings. The lowest BCUT2D eigenvalue weighted by molar-refractivity contribution is -0.137. The summed E-state index contributed by atoms with van der Waals surface area (Å²) in [6.07, 6.45) is 0.433. The molecule has 0 aliphatic heterocycles. The fourth-order valence-electron chi connectivity index (χ4n) is 1.94. The van der Waals surface area contributed by atoms with Crippen LogP contribution in [0.3, 0.4) is 0 Å². The van der Waals surface area contributed by atoms with E-state index < -0.39 is 12.0 Å². The van der Waals surface area contributed by atoms with Crippen LogP contribution in [0.15, 0.2) is 54.6 Å². The summed E-state index contributed by atoms with van der Waals surface area (Å²) in [4.78, 5) is 11.3. The second-order valence-corrected chi connectivity index (χ2v) is 4.45. The zero-order valence-corrected chi connectivity index (χ0v) is 11.2. The molecule has 0 saturated carbocycles. The van der Waals surface area contributed by atoms with Gasteiger partial charge in [0.25, 0.3) is 0 Å². The number of hydrogen-bond donors (Lipinski definition) is 2. The van der Waals surface area contributed by atoms with Gasteiger partial charge >= 0.3 is 5.97 Å². The Labute approximate surface area is 118 Å². The Bertz CT molecular complexity index is 552. The Hall–Kier alpha value is -2.49. The lowest BCUT2D eigenvalue weighted by Gasteiger charge is -2.16. The molecule has 0 unspecified atom stereocenters. The molecule has 20 heavy (non-hydrogen) atoms. The Morgan fingerprint density at radius 2 is 1.80 bits per heavy atom. The minimum Gasteiger partial charge on any atom is -0.497 e. The third-order valence-corrected chi connectivity index (χ3v) is 3.01. The number of carboxylic acid groups (broad SMARTS) is 1. The van der Waals surface area contributed by atoms with Crippen molar-refractivity contribution in [3.8, 4) is 5.75 Å². The zero-order chi connectivity index (χ0) is 14.4. The van der Waals surface area contributed by atoms with Crippen LogP contribution in [-0.4, -0.2) is 24.2 Å². The zero-order valence-electron chi connectivity index (χ0n) is 11.2. The average molecular weight is 271 g/mol. The maximum absolute atomic E-state index is 11.3. The standard InChI is InChI=1S/C16H17NO3/c1-20-14-9-7-13(8-10-14)17-15(16(18)19)11-12-5-3-2-4-6-12/h2-10,15,17H,11H2,1H3,(H,18,19)/t15-/m0/s1. The number of hydrogen-bond acceptors (Lipinski definition) is 3. The average Bonchev–Trinajstić information content (AvgIpc) is 2.48. The van der Waals surface area contributed by atoms with E-state index >= 15 is 0 Å². The summed E-state index contributed by atoms with van der Waals surface area (Å²) in [7, 11) is 1.60. The van der Waals surface area contributed by atoms with Crippen LogP contribution < -0.4 is 10.1 Å². The summed E-state index contributed by atoms with van der Waals surface area (Å²) in [6.45, 7) is 0. The molecule has 1 atom stereocenters. The Balaban J connectivity index is 2.07. The molecule has 0 aliphatic rings. The third kappa shape index (κ3) is 3.75. The number of ether oxygens (including phenoxy) is 1. The molecule has 0 heterocycles. The highest BCUT2D eigenvalue weighted by atomic mass is 16.5. The monoisotopic (exact) mass is 271 g/mol. The van der Waals surface area contributed by atoms with Gasteiger partial charge < -0.3 is 15.2 Å². The van der Waals surface area contributed by atoms with Crippen LogP contribution in [0.5, 0.6) is 5.75 Å². The largest absolute Gasteiger partial charge is 0.497 e. The summed E-state index contributed by atoms with van der Waals surface area (Å²) in [5.41, 5.74) is 1.75. The molecule has 0 radical (unpaired) electrons. The molecule has 0 aliphatic carbocycles. The van der Waals surface area contributed by atoms with Gasteiger partial charge in [-0.25, -0.2) is 4.79 Å². The van der Waals surface area contributed by atoms with Crippen molar-refractivity contribution in [2.75, 3.05) is 12.4 Å². The predicted molar refractivity (Wildman–Crippen MR) is 78.2 cm³/mol. The van der Waals surface area contributed by atoms with Crippen LogP contribution in [-0.2, 0) is 11.2 Å². The maximum Gasteiger partial charge on any atom is 0.326 e. The first-order chi connectivity index (χ1) is 9.69. The van der Waals surface area contributed by atoms with Crippen LogP contribution in [0, 0.1) is 0 Å². The van der Waals surface area contributed by atoms with E-state index in [1.807, 2.05) is 30.3 Å². The Kier molecular flexibility index (Phi) is 4.60. The quantitative estimate of drug-likeness (QED) is 0.848. The number of nitrogens with one attached hydrogen (secondary N) is 1. The molecule has 4 nitrogen and oxygen atoms in total. The molecule has 0 aromatic heterocycles. The second kappa shape index (κ2) is 6.61. The SMILES string of the molecule is COc1ccc(N[C@@H](Cc2ccccc2)C(=O)O)cc1. The van der Waals surface area contributed by atoms with Gasteiger partial charge in [-0.3, -0.25) is 0 Å². The molecule has 104 valence electrons. The second-order valence-electron chi connectivity index (χ2n) is 4.45. The lowest BCUT2D eigenvalue weighted by Crippen LogP contribution is -2.31. The topological polar surface area (TPSA) is 58.6 Å². The van der Waals surface area contributed by atoms with E-state index in [-0.39, 0.29) is 0 Å². The van der Waals surface area contributed by atoms with Crippen molar-refractivity contribution in [1.29, 1.82) is 0 Å². The third-order valence-electron chi connectivity index (χ3n) is 3.01. The minimum atomic E-state index is -0.871. The van der Waals surface area contributed by atoms with E-state index in [9.17, 15) is 9.90 Å². The van der Waals surface area contributed by atoms with Crippen LogP contribution >= 0.6 is 0 Å². The van der Waals surface area contributed by atoms with Gasteiger partial charge in [0.05, 0.1) is 7.11 Å². The van der Waals surface area contributed by atoms with E-state index in [1.54, 1.807) is 31.4 Å². The van der Waals surface area contributed by atoms with Gasteiger partial charge in [-0.2, -0.15) is 0 Å². The molecule has 2 N–H and O–H groups in total. The number of benzene rings is 2. The van der Waals surface area contributed by atoms with Crippen molar-refractivity contribution in [2.24, 2.45) is 0 Å². The highest BCUT2D eigenvalue weighted by Crippen LogP contribution is 2.17. The number of anilines is 1. The summed E-state index contributed by atoms with van der Waals surface area (Å²) < 4.78 is 5.07. The molecular formula is C16H17NO3. The summed E-state index contributed by atoms with van der Waals surface area (Å²) in [6, 6.07) is 16.1. The van der Waals surface area contributed by atoms with Gasteiger partial charge in [-0.05, 0) is 29.8 Å². The van der Waals surface area contributed by atoms with Crippen LogP contribution in [0.25, 0.3) is 0 Å². The smallest absolute Gasteiger partial charge is 0.326 e. The summed E-state index contributed by atoms with van der Waals surface area (Å²) in [5, 5.41) is 12.3. The van der Waals surface area contributed by atoms with E-state index in [4.69, 9.17) is 4.74 Å². The van der Waals surface area contributed by atoms with Crippen LogP contribution in [0.2, 0.25) is 0 Å². The van der Waals surface area contributed by atoms with Gasteiger partial charge in [-0.15, -0.1) is 0 Å². The maximum atomic E-state index is 11.3. The van der Waals surface area contributed by atoms with Crippen LogP contribution in [0.1, 0.15) is 5.56 Å². The molecule has 0 saturated heterocycles.